The molecule has 0 amide bonds. The molecule has 1 aliphatic rings. The van der Waals surface area contributed by atoms with Crippen LogP contribution in [0.15, 0.2) is 61.7 Å². The SMILES string of the molecule is C=CCC1(CC=C)c2c[c]ccc2-c2cc[c]cc21. The maximum atomic E-state index is 3.94. The second kappa shape index (κ2) is 4.55. The van der Waals surface area contributed by atoms with Gasteiger partial charge in [0.05, 0.1) is 0 Å². The molecule has 3 rings (SSSR count). The number of rotatable bonds is 4. The number of benzene rings is 2. The van der Waals surface area contributed by atoms with Gasteiger partial charge in [0.1, 0.15) is 0 Å². The smallest absolute Gasteiger partial charge is 0.0284 e. The summed E-state index contributed by atoms with van der Waals surface area (Å²) in [5.74, 6) is 0. The van der Waals surface area contributed by atoms with Gasteiger partial charge < -0.3 is 0 Å². The highest BCUT2D eigenvalue weighted by Gasteiger charge is 2.40. The first-order chi connectivity index (χ1) is 9.33. The lowest BCUT2D eigenvalue weighted by molar-refractivity contribution is 0.543. The fourth-order valence-electron chi connectivity index (χ4n) is 3.28. The van der Waals surface area contributed by atoms with Gasteiger partial charge >= 0.3 is 0 Å². The van der Waals surface area contributed by atoms with Crippen molar-refractivity contribution in [2.24, 2.45) is 0 Å². The predicted octanol–water partition coefficient (Wildman–Crippen LogP) is 4.71. The summed E-state index contributed by atoms with van der Waals surface area (Å²) < 4.78 is 0. The van der Waals surface area contributed by atoms with Gasteiger partial charge in [-0.2, -0.15) is 0 Å². The van der Waals surface area contributed by atoms with Gasteiger partial charge in [-0.05, 0) is 59.4 Å². The summed E-state index contributed by atoms with van der Waals surface area (Å²) in [7, 11) is 0. The standard InChI is InChI=1S/C19H16/c1-3-13-19(14-4-2)17-11-7-5-9-15(17)16-10-6-8-12-18(16)19/h3-6,9-12H,1-2,13-14H2. The lowest BCUT2D eigenvalue weighted by atomic mass is 9.73. The third-order valence-corrected chi connectivity index (χ3v) is 4.04. The Kier molecular flexibility index (Phi) is 2.87. The van der Waals surface area contributed by atoms with Gasteiger partial charge in [-0.1, -0.05) is 36.4 Å². The summed E-state index contributed by atoms with van der Waals surface area (Å²) in [5, 5.41) is 0. The van der Waals surface area contributed by atoms with Gasteiger partial charge in [0.2, 0.25) is 0 Å². The normalized spacial score (nSPS) is 14.5. The summed E-state index contributed by atoms with van der Waals surface area (Å²) in [6.45, 7) is 7.89. The molecule has 1 aliphatic carbocycles. The van der Waals surface area contributed by atoms with Gasteiger partial charge in [0.15, 0.2) is 0 Å². The van der Waals surface area contributed by atoms with Crippen LogP contribution in [0.2, 0.25) is 0 Å². The fraction of sp³-hybridized carbons (Fsp3) is 0.158. The van der Waals surface area contributed by atoms with Crippen molar-refractivity contribution >= 4 is 0 Å². The summed E-state index contributed by atoms with van der Waals surface area (Å²) >= 11 is 0. The summed E-state index contributed by atoms with van der Waals surface area (Å²) in [6, 6.07) is 18.9. The minimum Gasteiger partial charge on any atom is -0.103 e. The van der Waals surface area contributed by atoms with Crippen molar-refractivity contribution in [2.75, 3.05) is 0 Å². The molecule has 0 nitrogen and oxygen atoms in total. The first kappa shape index (κ1) is 12.0. The average molecular weight is 244 g/mol. The van der Waals surface area contributed by atoms with Crippen molar-refractivity contribution in [1.82, 2.24) is 0 Å². The van der Waals surface area contributed by atoms with Crippen LogP contribution in [0.4, 0.5) is 0 Å². The highest BCUT2D eigenvalue weighted by molar-refractivity contribution is 5.81. The van der Waals surface area contributed by atoms with Crippen LogP contribution in [0.25, 0.3) is 11.1 Å². The molecule has 0 bridgehead atoms. The van der Waals surface area contributed by atoms with Gasteiger partial charge in [0, 0.05) is 5.41 Å². The van der Waals surface area contributed by atoms with E-state index in [1.165, 1.54) is 22.3 Å². The van der Waals surface area contributed by atoms with E-state index in [0.717, 1.165) is 12.8 Å². The van der Waals surface area contributed by atoms with Crippen LogP contribution >= 0.6 is 0 Å². The summed E-state index contributed by atoms with van der Waals surface area (Å²) in [5.41, 5.74) is 5.26. The fourth-order valence-corrected chi connectivity index (χ4v) is 3.28. The number of hydrogen-bond acceptors (Lipinski definition) is 0. The van der Waals surface area contributed by atoms with Crippen LogP contribution < -0.4 is 0 Å². The Hall–Kier alpha value is -2.08. The van der Waals surface area contributed by atoms with E-state index in [9.17, 15) is 0 Å². The number of allylic oxidation sites excluding steroid dienone is 2. The second-order valence-electron chi connectivity index (χ2n) is 5.01. The van der Waals surface area contributed by atoms with Crippen molar-refractivity contribution in [1.29, 1.82) is 0 Å². The predicted molar refractivity (Wildman–Crippen MR) is 80.0 cm³/mol. The topological polar surface area (TPSA) is 0 Å². The minimum absolute atomic E-state index is 0.0380. The largest absolute Gasteiger partial charge is 0.103 e. The molecular weight excluding hydrogens is 228 g/mol. The Morgan fingerprint density at radius 1 is 0.895 bits per heavy atom. The maximum absolute atomic E-state index is 3.94. The van der Waals surface area contributed by atoms with E-state index in [1.807, 2.05) is 24.3 Å². The highest BCUT2D eigenvalue weighted by atomic mass is 14.4. The Morgan fingerprint density at radius 3 is 1.79 bits per heavy atom. The molecule has 19 heavy (non-hydrogen) atoms. The van der Waals surface area contributed by atoms with Crippen LogP contribution in [0.3, 0.4) is 0 Å². The Bertz CT molecular complexity index is 576. The zero-order valence-electron chi connectivity index (χ0n) is 10.9. The molecule has 0 saturated carbocycles. The van der Waals surface area contributed by atoms with Crippen LogP contribution in [0.5, 0.6) is 0 Å². The lowest BCUT2D eigenvalue weighted by Gasteiger charge is -2.29. The van der Waals surface area contributed by atoms with E-state index in [2.05, 4.69) is 49.6 Å². The second-order valence-corrected chi connectivity index (χ2v) is 5.01. The molecule has 2 aromatic carbocycles. The molecule has 0 spiro atoms. The monoisotopic (exact) mass is 244 g/mol. The van der Waals surface area contributed by atoms with Crippen LogP contribution in [0, 0.1) is 12.1 Å². The molecule has 2 radical (unpaired) electrons. The molecule has 0 saturated heterocycles. The zero-order chi connectivity index (χ0) is 13.3. The van der Waals surface area contributed by atoms with E-state index >= 15 is 0 Å². The van der Waals surface area contributed by atoms with Gasteiger partial charge in [-0.3, -0.25) is 0 Å². The molecule has 0 heteroatoms. The molecular formula is C19H16. The van der Waals surface area contributed by atoms with Crippen molar-refractivity contribution in [3.05, 3.63) is 85.0 Å². The Labute approximate surface area is 115 Å². The molecule has 92 valence electrons. The van der Waals surface area contributed by atoms with Crippen molar-refractivity contribution in [2.45, 2.75) is 18.3 Å². The first-order valence-corrected chi connectivity index (χ1v) is 6.57. The van der Waals surface area contributed by atoms with E-state index in [0.29, 0.717) is 0 Å². The van der Waals surface area contributed by atoms with E-state index in [-0.39, 0.29) is 5.41 Å². The Morgan fingerprint density at radius 2 is 1.37 bits per heavy atom. The van der Waals surface area contributed by atoms with Gasteiger partial charge in [-0.15, -0.1) is 13.2 Å². The van der Waals surface area contributed by atoms with Crippen molar-refractivity contribution in [3.63, 3.8) is 0 Å². The van der Waals surface area contributed by atoms with Crippen molar-refractivity contribution in [3.8, 4) is 11.1 Å². The van der Waals surface area contributed by atoms with E-state index in [1.54, 1.807) is 0 Å². The molecule has 0 N–H and O–H groups in total. The van der Waals surface area contributed by atoms with Crippen LogP contribution in [-0.4, -0.2) is 0 Å². The van der Waals surface area contributed by atoms with E-state index in [4.69, 9.17) is 0 Å². The van der Waals surface area contributed by atoms with Crippen LogP contribution in [0.1, 0.15) is 24.0 Å². The minimum atomic E-state index is -0.0380. The Balaban J connectivity index is 2.34. The summed E-state index contributed by atoms with van der Waals surface area (Å²) in [6.07, 6.45) is 5.83. The van der Waals surface area contributed by atoms with Crippen LogP contribution in [-0.2, 0) is 5.41 Å². The molecule has 0 heterocycles. The molecule has 0 fully saturated rings. The molecule has 0 unspecified atom stereocenters. The molecule has 2 aromatic rings. The molecule has 0 atom stereocenters. The highest BCUT2D eigenvalue weighted by Crippen LogP contribution is 2.52. The van der Waals surface area contributed by atoms with Gasteiger partial charge in [0.25, 0.3) is 0 Å². The van der Waals surface area contributed by atoms with Gasteiger partial charge in [-0.25, -0.2) is 0 Å². The zero-order valence-corrected chi connectivity index (χ0v) is 10.9. The summed E-state index contributed by atoms with van der Waals surface area (Å²) in [4.78, 5) is 0. The third kappa shape index (κ3) is 1.60. The molecule has 0 aromatic heterocycles. The maximum Gasteiger partial charge on any atom is 0.0284 e. The van der Waals surface area contributed by atoms with Crippen molar-refractivity contribution < 1.29 is 0 Å². The number of fused-ring (bicyclic) bond motifs is 3. The third-order valence-electron chi connectivity index (χ3n) is 4.04. The first-order valence-electron chi connectivity index (χ1n) is 6.57. The molecule has 0 aliphatic heterocycles. The number of hydrogen-bond donors (Lipinski definition) is 0. The lowest BCUT2D eigenvalue weighted by Crippen LogP contribution is -2.23. The average Bonchev–Trinajstić information content (AvgIpc) is 2.72. The quantitative estimate of drug-likeness (QED) is 0.683. The van der Waals surface area contributed by atoms with E-state index < -0.39 is 0 Å².